The van der Waals surface area contributed by atoms with E-state index >= 15 is 0 Å². The van der Waals surface area contributed by atoms with Crippen molar-refractivity contribution in [1.82, 2.24) is 0 Å². The summed E-state index contributed by atoms with van der Waals surface area (Å²) in [5.41, 5.74) is 1.93. The lowest BCUT2D eigenvalue weighted by Gasteiger charge is -2.23. The Morgan fingerprint density at radius 2 is 2.17 bits per heavy atom. The lowest BCUT2D eigenvalue weighted by Crippen LogP contribution is -2.20. The van der Waals surface area contributed by atoms with Crippen LogP contribution in [0.15, 0.2) is 54.8 Å². The van der Waals surface area contributed by atoms with E-state index in [4.69, 9.17) is 16.3 Å². The van der Waals surface area contributed by atoms with Crippen LogP contribution in [-0.4, -0.2) is 5.97 Å². The highest BCUT2D eigenvalue weighted by Crippen LogP contribution is 2.45. The van der Waals surface area contributed by atoms with Gasteiger partial charge in [0.05, 0.1) is 0 Å². The van der Waals surface area contributed by atoms with Crippen LogP contribution in [0.5, 0.6) is 0 Å². The largest absolute Gasteiger partial charge is 0.429 e. The van der Waals surface area contributed by atoms with Crippen molar-refractivity contribution in [3.05, 3.63) is 66.0 Å². The van der Waals surface area contributed by atoms with Crippen molar-refractivity contribution in [3.63, 3.8) is 0 Å². The first-order chi connectivity index (χ1) is 8.58. The minimum atomic E-state index is -0.934. The molecule has 0 aliphatic heterocycles. The second kappa shape index (κ2) is 4.83. The van der Waals surface area contributed by atoms with Crippen LogP contribution in [0.2, 0.25) is 0 Å². The van der Waals surface area contributed by atoms with Gasteiger partial charge in [0.1, 0.15) is 10.6 Å². The number of allylic oxidation sites excluding steroid dienone is 3. The molecule has 2 rings (SSSR count). The lowest BCUT2D eigenvalue weighted by atomic mass is 9.97. The first kappa shape index (κ1) is 12.7. The molecular weight excluding hydrogens is 248 g/mol. The van der Waals surface area contributed by atoms with Gasteiger partial charge in [-0.1, -0.05) is 49.1 Å². The van der Waals surface area contributed by atoms with Crippen LogP contribution < -0.4 is 0 Å². The molecule has 1 aromatic carbocycles. The predicted octanol–water partition coefficient (Wildman–Crippen LogP) is 3.78. The van der Waals surface area contributed by atoms with Gasteiger partial charge in [0.2, 0.25) is 0 Å². The summed E-state index contributed by atoms with van der Waals surface area (Å²) in [6, 6.07) is 7.73. The number of carbonyl (C=O) groups is 1. The van der Waals surface area contributed by atoms with E-state index in [9.17, 15) is 4.79 Å². The molecule has 1 aliphatic carbocycles. The van der Waals surface area contributed by atoms with Crippen LogP contribution in [-0.2, 0) is 14.4 Å². The normalized spacial score (nSPS) is 21.6. The number of fused-ring (bicyclic) bond motifs is 1. The summed E-state index contributed by atoms with van der Waals surface area (Å²) >= 11 is 6.61. The first-order valence-electron chi connectivity index (χ1n) is 5.57. The van der Waals surface area contributed by atoms with Crippen molar-refractivity contribution in [3.8, 4) is 0 Å². The molecule has 0 amide bonds. The smallest absolute Gasteiger partial charge is 0.307 e. The molecule has 0 N–H and O–H groups in total. The molecule has 0 bridgehead atoms. The zero-order valence-electron chi connectivity index (χ0n) is 10.0. The van der Waals surface area contributed by atoms with Gasteiger partial charge in [0.15, 0.2) is 0 Å². The highest BCUT2D eigenvalue weighted by Gasteiger charge is 2.38. The van der Waals surface area contributed by atoms with Gasteiger partial charge in [-0.2, -0.15) is 0 Å². The molecule has 0 saturated carbocycles. The van der Waals surface area contributed by atoms with Crippen LogP contribution >= 0.6 is 11.6 Å². The fraction of sp³-hybridized carbons (Fsp3) is 0.133. The van der Waals surface area contributed by atoms with E-state index in [1.807, 2.05) is 36.4 Å². The maximum Gasteiger partial charge on any atom is 0.307 e. The van der Waals surface area contributed by atoms with E-state index in [0.29, 0.717) is 5.76 Å². The molecule has 2 nitrogen and oxygen atoms in total. The van der Waals surface area contributed by atoms with E-state index in [-0.39, 0.29) is 0 Å². The Morgan fingerprint density at radius 1 is 1.44 bits per heavy atom. The maximum atomic E-state index is 11.2. The third-order valence-corrected chi connectivity index (χ3v) is 3.24. The number of alkyl halides is 1. The molecule has 1 aromatic rings. The van der Waals surface area contributed by atoms with Crippen molar-refractivity contribution in [2.75, 3.05) is 0 Å². The average molecular weight is 261 g/mol. The van der Waals surface area contributed by atoms with Crippen molar-refractivity contribution in [2.45, 2.75) is 11.8 Å². The number of esters is 1. The van der Waals surface area contributed by atoms with Gasteiger partial charge in [0.25, 0.3) is 0 Å². The third-order valence-electron chi connectivity index (χ3n) is 2.73. The van der Waals surface area contributed by atoms with Gasteiger partial charge in [0, 0.05) is 6.92 Å². The van der Waals surface area contributed by atoms with Gasteiger partial charge in [-0.15, -0.1) is 11.6 Å². The Kier molecular flexibility index (Phi) is 3.39. The molecular formula is C15H13ClO2. The number of benzene rings is 1. The number of carbonyl (C=O) groups excluding carboxylic acids is 1. The molecule has 0 spiro atoms. The quantitative estimate of drug-likeness (QED) is 0.358. The summed E-state index contributed by atoms with van der Waals surface area (Å²) in [5.74, 6) is -0.0335. The van der Waals surface area contributed by atoms with E-state index in [1.54, 1.807) is 12.2 Å². The zero-order chi connectivity index (χ0) is 13.2. The molecule has 0 radical (unpaired) electrons. The highest BCUT2D eigenvalue weighted by molar-refractivity contribution is 6.28. The van der Waals surface area contributed by atoms with Crippen molar-refractivity contribution in [1.29, 1.82) is 0 Å². The second-order valence-corrected chi connectivity index (χ2v) is 4.59. The topological polar surface area (TPSA) is 26.3 Å². The molecule has 0 heterocycles. The summed E-state index contributed by atoms with van der Waals surface area (Å²) in [6.45, 7) is 4.96. The number of ether oxygens (including phenoxy) is 1. The standard InChI is InChI=1S/C15H13ClO2/c1-3-6-14(18-11(2)17)15(16)10-9-12-7-4-5-8-13(12)15/h3-10H,1H2,2H3. The van der Waals surface area contributed by atoms with Gasteiger partial charge < -0.3 is 4.74 Å². The maximum absolute atomic E-state index is 11.2. The minimum absolute atomic E-state index is 0.368. The summed E-state index contributed by atoms with van der Waals surface area (Å²) in [5, 5.41) is 0. The Balaban J connectivity index is 2.49. The summed E-state index contributed by atoms with van der Waals surface area (Å²) in [4.78, 5) is 10.2. The molecule has 0 aromatic heterocycles. The van der Waals surface area contributed by atoms with Crippen molar-refractivity contribution < 1.29 is 9.53 Å². The second-order valence-electron chi connectivity index (χ2n) is 3.99. The van der Waals surface area contributed by atoms with Crippen LogP contribution in [0.3, 0.4) is 0 Å². The number of halogens is 1. The summed E-state index contributed by atoms with van der Waals surface area (Å²) in [7, 11) is 0. The highest BCUT2D eigenvalue weighted by atomic mass is 35.5. The van der Waals surface area contributed by atoms with E-state index < -0.39 is 10.8 Å². The molecule has 3 heteroatoms. The molecule has 92 valence electrons. The Morgan fingerprint density at radius 3 is 2.83 bits per heavy atom. The Bertz CT molecular complexity index is 557. The lowest BCUT2D eigenvalue weighted by molar-refractivity contribution is -0.137. The van der Waals surface area contributed by atoms with Crippen molar-refractivity contribution in [2.24, 2.45) is 0 Å². The molecule has 1 unspecified atom stereocenters. The SMILES string of the molecule is C=CC=C(OC(C)=O)C1(Cl)C=Cc2ccccc21. The Hall–Kier alpha value is -1.80. The van der Waals surface area contributed by atoms with E-state index in [1.165, 1.54) is 6.92 Å². The fourth-order valence-corrected chi connectivity index (χ4v) is 2.31. The monoisotopic (exact) mass is 260 g/mol. The molecule has 18 heavy (non-hydrogen) atoms. The number of hydrogen-bond acceptors (Lipinski definition) is 2. The molecule has 0 saturated heterocycles. The van der Waals surface area contributed by atoms with Crippen LogP contribution in [0.25, 0.3) is 6.08 Å². The summed E-state index contributed by atoms with van der Waals surface area (Å²) < 4.78 is 5.20. The minimum Gasteiger partial charge on any atom is -0.429 e. The van der Waals surface area contributed by atoms with Crippen LogP contribution in [0.4, 0.5) is 0 Å². The van der Waals surface area contributed by atoms with Gasteiger partial charge in [-0.25, -0.2) is 0 Å². The van der Waals surface area contributed by atoms with Crippen molar-refractivity contribution >= 4 is 23.6 Å². The zero-order valence-corrected chi connectivity index (χ0v) is 10.8. The van der Waals surface area contributed by atoms with E-state index in [2.05, 4.69) is 6.58 Å². The van der Waals surface area contributed by atoms with E-state index in [0.717, 1.165) is 11.1 Å². The molecule has 1 aliphatic rings. The van der Waals surface area contributed by atoms with Crippen LogP contribution in [0, 0.1) is 0 Å². The first-order valence-corrected chi connectivity index (χ1v) is 5.95. The van der Waals surface area contributed by atoms with Crippen LogP contribution in [0.1, 0.15) is 18.1 Å². The number of rotatable bonds is 3. The number of hydrogen-bond donors (Lipinski definition) is 0. The predicted molar refractivity (Wildman–Crippen MR) is 73.1 cm³/mol. The average Bonchev–Trinajstić information content (AvgIpc) is 2.68. The Labute approximate surface area is 111 Å². The van der Waals surface area contributed by atoms with Gasteiger partial charge in [-0.05, 0) is 17.2 Å². The fourth-order valence-electron chi connectivity index (χ4n) is 1.97. The van der Waals surface area contributed by atoms with Gasteiger partial charge >= 0.3 is 5.97 Å². The molecule has 1 atom stereocenters. The molecule has 0 fully saturated rings. The van der Waals surface area contributed by atoms with Gasteiger partial charge in [-0.3, -0.25) is 4.79 Å². The summed E-state index contributed by atoms with van der Waals surface area (Å²) in [6.07, 6.45) is 6.90. The third kappa shape index (κ3) is 2.12.